The third-order valence-corrected chi connectivity index (χ3v) is 5.91. The van der Waals surface area contributed by atoms with Crippen LogP contribution in [0.3, 0.4) is 0 Å². The molecule has 0 saturated heterocycles. The molecule has 10 heteroatoms. The molecule has 0 N–H and O–H groups in total. The van der Waals surface area contributed by atoms with E-state index >= 15 is 0 Å². The van der Waals surface area contributed by atoms with Gasteiger partial charge in [-0.05, 0) is 26.0 Å². The predicted molar refractivity (Wildman–Crippen MR) is 114 cm³/mol. The molecule has 0 aliphatic heterocycles. The first-order valence-corrected chi connectivity index (χ1v) is 11.3. The number of rotatable bonds is 7. The fourth-order valence-corrected chi connectivity index (χ4v) is 4.31. The number of carbonyl (C=O) groups excluding carboxylic acids is 1. The minimum Gasteiger partial charge on any atom is -0.337 e. The summed E-state index contributed by atoms with van der Waals surface area (Å²) in [4.78, 5) is 18.5. The Morgan fingerprint density at radius 2 is 1.81 bits per heavy atom. The first kappa shape index (κ1) is 22.4. The lowest BCUT2D eigenvalue weighted by molar-refractivity contribution is -0.131. The number of amides is 1. The van der Waals surface area contributed by atoms with Crippen LogP contribution in [0.25, 0.3) is 11.4 Å². The van der Waals surface area contributed by atoms with Gasteiger partial charge < -0.3 is 9.42 Å². The molecule has 0 radical (unpaired) electrons. The van der Waals surface area contributed by atoms with Crippen LogP contribution in [0.4, 0.5) is 10.1 Å². The summed E-state index contributed by atoms with van der Waals surface area (Å²) in [6.45, 7) is 3.34. The molecular weight excluding hydrogens is 423 g/mol. The number of para-hydroxylation sites is 1. The lowest BCUT2D eigenvalue weighted by Crippen LogP contribution is -2.48. The Balaban J connectivity index is 1.78. The molecule has 1 atom stereocenters. The van der Waals surface area contributed by atoms with Crippen molar-refractivity contribution in [3.63, 3.8) is 0 Å². The van der Waals surface area contributed by atoms with Crippen LogP contribution >= 0.6 is 0 Å². The molecule has 1 amide bonds. The quantitative estimate of drug-likeness (QED) is 0.554. The van der Waals surface area contributed by atoms with Crippen LogP contribution in [0.2, 0.25) is 0 Å². The van der Waals surface area contributed by atoms with Crippen molar-refractivity contribution in [2.45, 2.75) is 26.4 Å². The van der Waals surface area contributed by atoms with Crippen molar-refractivity contribution in [2.75, 3.05) is 17.6 Å². The molecule has 0 unspecified atom stereocenters. The Labute approximate surface area is 180 Å². The summed E-state index contributed by atoms with van der Waals surface area (Å²) >= 11 is 0. The summed E-state index contributed by atoms with van der Waals surface area (Å²) in [6, 6.07) is 11.8. The molecule has 0 aliphatic rings. The number of aromatic nitrogens is 2. The average molecular weight is 447 g/mol. The van der Waals surface area contributed by atoms with Gasteiger partial charge in [0.2, 0.25) is 27.6 Å². The minimum absolute atomic E-state index is 0.0308. The summed E-state index contributed by atoms with van der Waals surface area (Å²) < 4.78 is 45.0. The molecule has 3 aromatic rings. The Morgan fingerprint density at radius 1 is 1.16 bits per heavy atom. The van der Waals surface area contributed by atoms with Crippen LogP contribution in [-0.2, 0) is 21.4 Å². The van der Waals surface area contributed by atoms with Gasteiger partial charge in [-0.3, -0.25) is 9.10 Å². The smallest absolute Gasteiger partial charge is 0.246 e. The molecule has 0 saturated carbocycles. The number of carbonyl (C=O) groups is 1. The molecule has 164 valence electrons. The predicted octanol–water partition coefficient (Wildman–Crippen LogP) is 3.00. The van der Waals surface area contributed by atoms with E-state index in [4.69, 9.17) is 4.52 Å². The van der Waals surface area contributed by atoms with Gasteiger partial charge in [-0.2, -0.15) is 4.98 Å². The van der Waals surface area contributed by atoms with Gasteiger partial charge >= 0.3 is 0 Å². The van der Waals surface area contributed by atoms with Crippen LogP contribution in [0.1, 0.15) is 18.4 Å². The molecule has 0 fully saturated rings. The number of sulfonamides is 1. The van der Waals surface area contributed by atoms with Crippen molar-refractivity contribution < 1.29 is 22.1 Å². The zero-order valence-corrected chi connectivity index (χ0v) is 18.4. The van der Waals surface area contributed by atoms with E-state index in [2.05, 4.69) is 10.1 Å². The topological polar surface area (TPSA) is 96.6 Å². The van der Waals surface area contributed by atoms with E-state index in [0.29, 0.717) is 5.82 Å². The third kappa shape index (κ3) is 5.08. The number of hydrogen-bond acceptors (Lipinski definition) is 6. The van der Waals surface area contributed by atoms with E-state index in [1.54, 1.807) is 0 Å². The number of nitrogens with zero attached hydrogens (tertiary/aromatic N) is 4. The van der Waals surface area contributed by atoms with Gasteiger partial charge in [0, 0.05) is 12.6 Å². The van der Waals surface area contributed by atoms with Crippen molar-refractivity contribution in [1.29, 1.82) is 0 Å². The maximum atomic E-state index is 14.3. The fourth-order valence-electron chi connectivity index (χ4n) is 3.14. The highest BCUT2D eigenvalue weighted by Gasteiger charge is 2.33. The first-order chi connectivity index (χ1) is 14.6. The highest BCUT2D eigenvalue weighted by molar-refractivity contribution is 7.92. The summed E-state index contributed by atoms with van der Waals surface area (Å²) in [5.74, 6) is -0.720. The Kier molecular flexibility index (Phi) is 6.40. The third-order valence-electron chi connectivity index (χ3n) is 4.68. The van der Waals surface area contributed by atoms with Gasteiger partial charge in [-0.25, -0.2) is 12.8 Å². The molecule has 31 heavy (non-hydrogen) atoms. The Hall–Kier alpha value is -3.27. The number of halogens is 1. The maximum absolute atomic E-state index is 14.3. The van der Waals surface area contributed by atoms with E-state index in [1.165, 1.54) is 37.1 Å². The van der Waals surface area contributed by atoms with Gasteiger partial charge in [-0.15, -0.1) is 0 Å². The van der Waals surface area contributed by atoms with Crippen molar-refractivity contribution >= 4 is 21.6 Å². The summed E-state index contributed by atoms with van der Waals surface area (Å²) in [5, 5.41) is 3.93. The van der Waals surface area contributed by atoms with E-state index < -0.39 is 27.8 Å². The van der Waals surface area contributed by atoms with Crippen molar-refractivity contribution in [1.82, 2.24) is 15.0 Å². The lowest BCUT2D eigenvalue weighted by atomic mass is 10.1. The zero-order valence-electron chi connectivity index (χ0n) is 17.6. The standard InChI is InChI=1S/C21H23FN4O4S/c1-14-9-11-16(12-10-14)20-23-19(30-24-20)13-25(3)21(27)15(2)26(31(4,28)29)18-8-6-5-7-17(18)22/h5-12,15H,13H2,1-4H3/t15-/m0/s1. The van der Waals surface area contributed by atoms with Crippen molar-refractivity contribution in [2.24, 2.45) is 0 Å². The molecular formula is C21H23FN4O4S. The van der Waals surface area contributed by atoms with E-state index in [1.807, 2.05) is 31.2 Å². The van der Waals surface area contributed by atoms with E-state index in [-0.39, 0.29) is 18.1 Å². The molecule has 1 heterocycles. The molecule has 8 nitrogen and oxygen atoms in total. The molecule has 2 aromatic carbocycles. The Morgan fingerprint density at radius 3 is 2.42 bits per heavy atom. The number of anilines is 1. The normalized spacial score (nSPS) is 12.4. The first-order valence-electron chi connectivity index (χ1n) is 9.46. The summed E-state index contributed by atoms with van der Waals surface area (Å²) in [6.07, 6.45) is 0.926. The summed E-state index contributed by atoms with van der Waals surface area (Å²) in [5.41, 5.74) is 1.67. The number of aryl methyl sites for hydroxylation is 1. The number of hydrogen-bond donors (Lipinski definition) is 0. The van der Waals surface area contributed by atoms with Crippen LogP contribution in [0.15, 0.2) is 53.1 Å². The van der Waals surface area contributed by atoms with Crippen LogP contribution in [0.5, 0.6) is 0 Å². The average Bonchev–Trinajstić information content (AvgIpc) is 3.17. The zero-order chi connectivity index (χ0) is 22.8. The van der Waals surface area contributed by atoms with Gasteiger partial charge in [0.05, 0.1) is 18.5 Å². The summed E-state index contributed by atoms with van der Waals surface area (Å²) in [7, 11) is -2.45. The molecule has 1 aromatic heterocycles. The number of benzene rings is 2. The fraction of sp³-hybridized carbons (Fsp3) is 0.286. The monoisotopic (exact) mass is 446 g/mol. The highest BCUT2D eigenvalue weighted by Crippen LogP contribution is 2.25. The van der Waals surface area contributed by atoms with Gasteiger partial charge in [0.25, 0.3) is 0 Å². The van der Waals surface area contributed by atoms with Gasteiger partial charge in [0.1, 0.15) is 11.9 Å². The lowest BCUT2D eigenvalue weighted by Gasteiger charge is -2.30. The molecule has 0 bridgehead atoms. The Bertz CT molecular complexity index is 1180. The molecule has 3 rings (SSSR count). The molecule has 0 aliphatic carbocycles. The van der Waals surface area contributed by atoms with E-state index in [0.717, 1.165) is 27.8 Å². The SMILES string of the molecule is Cc1ccc(-c2noc(CN(C)C(=O)[C@H](C)N(c3ccccc3F)S(C)(=O)=O)n2)cc1. The second-order valence-corrected chi connectivity index (χ2v) is 9.12. The van der Waals surface area contributed by atoms with Crippen molar-refractivity contribution in [3.05, 3.63) is 65.8 Å². The van der Waals surface area contributed by atoms with Crippen molar-refractivity contribution in [3.8, 4) is 11.4 Å². The minimum atomic E-state index is -3.93. The van der Waals surface area contributed by atoms with E-state index in [9.17, 15) is 17.6 Å². The van der Waals surface area contributed by atoms with Crippen LogP contribution in [-0.4, -0.2) is 48.7 Å². The maximum Gasteiger partial charge on any atom is 0.246 e. The second-order valence-electron chi connectivity index (χ2n) is 7.26. The van der Waals surface area contributed by atoms with Crippen LogP contribution in [0, 0.1) is 12.7 Å². The van der Waals surface area contributed by atoms with Crippen LogP contribution < -0.4 is 4.31 Å². The van der Waals surface area contributed by atoms with Gasteiger partial charge in [-0.1, -0.05) is 47.1 Å². The van der Waals surface area contributed by atoms with Gasteiger partial charge in [0.15, 0.2) is 0 Å². The molecule has 0 spiro atoms. The number of likely N-dealkylation sites (N-methyl/N-ethyl adjacent to an activating group) is 1. The highest BCUT2D eigenvalue weighted by atomic mass is 32.2. The second kappa shape index (κ2) is 8.84. The largest absolute Gasteiger partial charge is 0.337 e.